The normalized spacial score (nSPS) is 14.5. The monoisotopic (exact) mass is 443 g/mol. The number of benzene rings is 2. The molecule has 0 radical (unpaired) electrons. The Morgan fingerprint density at radius 2 is 1.88 bits per heavy atom. The molecule has 4 aromatic rings. The number of likely N-dealkylation sites (tertiary alicyclic amines) is 1. The molecule has 0 unspecified atom stereocenters. The van der Waals surface area contributed by atoms with Gasteiger partial charge in [-0.2, -0.15) is 5.10 Å². The second-order valence-corrected chi connectivity index (χ2v) is 8.23. The first-order valence-corrected chi connectivity index (χ1v) is 11.0. The van der Waals surface area contributed by atoms with E-state index in [2.05, 4.69) is 16.1 Å². The highest BCUT2D eigenvalue weighted by atomic mass is 16.5. The molecule has 1 fully saturated rings. The van der Waals surface area contributed by atoms with Crippen LogP contribution in [0.2, 0.25) is 0 Å². The van der Waals surface area contributed by atoms with E-state index in [0.717, 1.165) is 46.5 Å². The molecule has 168 valence electrons. The van der Waals surface area contributed by atoms with E-state index < -0.39 is 6.09 Å². The fourth-order valence-electron chi connectivity index (χ4n) is 4.46. The molecule has 0 aliphatic carbocycles. The Hall–Kier alpha value is -4.07. The lowest BCUT2D eigenvalue weighted by Gasteiger charge is -2.29. The first-order chi connectivity index (χ1) is 16.1. The van der Waals surface area contributed by atoms with Crippen LogP contribution in [0.5, 0.6) is 5.75 Å². The number of nitrogens with two attached hydrogens (primary N) is 1. The number of hydrogen-bond acceptors (Lipinski definition) is 5. The van der Waals surface area contributed by atoms with Crippen molar-refractivity contribution >= 4 is 17.4 Å². The molecular weight excluding hydrogens is 418 g/mol. The molecule has 0 spiro atoms. The second-order valence-electron chi connectivity index (χ2n) is 8.23. The van der Waals surface area contributed by atoms with Crippen LogP contribution in [0.15, 0.2) is 67.0 Å². The van der Waals surface area contributed by atoms with Gasteiger partial charge in [0, 0.05) is 30.3 Å². The summed E-state index contributed by atoms with van der Waals surface area (Å²) in [5.41, 5.74) is 11.1. The van der Waals surface area contributed by atoms with Crippen molar-refractivity contribution in [1.82, 2.24) is 19.5 Å². The number of aromatic nitrogens is 3. The highest BCUT2D eigenvalue weighted by Gasteiger charge is 2.27. The number of anilines is 1. The molecule has 0 bridgehead atoms. The van der Waals surface area contributed by atoms with E-state index in [1.54, 1.807) is 0 Å². The van der Waals surface area contributed by atoms with Gasteiger partial charge in [0.25, 0.3) is 0 Å². The Balaban J connectivity index is 1.47. The maximum Gasteiger partial charge on any atom is 0.407 e. The fraction of sp³-hybridized carbons (Fsp3) is 0.240. The number of hydrogen-bond donors (Lipinski definition) is 2. The number of rotatable bonds is 5. The minimum atomic E-state index is -0.868. The van der Waals surface area contributed by atoms with E-state index in [1.807, 2.05) is 59.1 Å². The molecule has 5 rings (SSSR count). The van der Waals surface area contributed by atoms with Crippen LogP contribution in [0.1, 0.15) is 30.0 Å². The molecule has 0 saturated carbocycles. The predicted molar refractivity (Wildman–Crippen MR) is 125 cm³/mol. The van der Waals surface area contributed by atoms with Crippen LogP contribution in [-0.2, 0) is 6.61 Å². The summed E-state index contributed by atoms with van der Waals surface area (Å²) in [4.78, 5) is 17.0. The van der Waals surface area contributed by atoms with Crippen molar-refractivity contribution < 1.29 is 14.6 Å². The van der Waals surface area contributed by atoms with Crippen LogP contribution in [0, 0.1) is 0 Å². The molecule has 2 aromatic carbocycles. The van der Waals surface area contributed by atoms with E-state index in [-0.39, 0.29) is 5.92 Å². The van der Waals surface area contributed by atoms with E-state index in [4.69, 9.17) is 10.5 Å². The summed E-state index contributed by atoms with van der Waals surface area (Å²) >= 11 is 0. The number of fused-ring (bicyclic) bond motifs is 1. The molecule has 8 heteroatoms. The Labute approximate surface area is 191 Å². The van der Waals surface area contributed by atoms with Crippen molar-refractivity contribution in [2.45, 2.75) is 25.4 Å². The molecule has 3 N–H and O–H groups in total. The van der Waals surface area contributed by atoms with Crippen LogP contribution in [0.3, 0.4) is 0 Å². The van der Waals surface area contributed by atoms with Crippen molar-refractivity contribution in [3.63, 3.8) is 0 Å². The number of piperidine rings is 1. The molecule has 2 aromatic heterocycles. The van der Waals surface area contributed by atoms with Gasteiger partial charge in [-0.1, -0.05) is 42.5 Å². The van der Waals surface area contributed by atoms with Crippen molar-refractivity contribution in [3.8, 4) is 16.9 Å². The lowest BCUT2D eigenvalue weighted by atomic mass is 9.93. The third-order valence-corrected chi connectivity index (χ3v) is 6.19. The van der Waals surface area contributed by atoms with Gasteiger partial charge in [0.2, 0.25) is 0 Å². The van der Waals surface area contributed by atoms with Crippen LogP contribution < -0.4 is 10.5 Å². The van der Waals surface area contributed by atoms with Gasteiger partial charge >= 0.3 is 6.09 Å². The number of nitrogens with zero attached hydrogens (tertiary/aromatic N) is 4. The smallest absolute Gasteiger partial charge is 0.407 e. The van der Waals surface area contributed by atoms with Crippen LogP contribution in [0.25, 0.3) is 16.6 Å². The van der Waals surface area contributed by atoms with Gasteiger partial charge < -0.3 is 20.5 Å². The lowest BCUT2D eigenvalue weighted by molar-refractivity contribution is 0.131. The van der Waals surface area contributed by atoms with E-state index in [1.165, 1.54) is 11.2 Å². The molecule has 1 aliphatic rings. The summed E-state index contributed by atoms with van der Waals surface area (Å²) in [6.45, 7) is 1.50. The minimum Gasteiger partial charge on any atom is -0.489 e. The molecule has 3 heterocycles. The molecular formula is C25H25N5O3. The van der Waals surface area contributed by atoms with Crippen molar-refractivity contribution in [1.29, 1.82) is 0 Å². The molecule has 0 atom stereocenters. The van der Waals surface area contributed by atoms with Crippen molar-refractivity contribution in [2.24, 2.45) is 0 Å². The average Bonchev–Trinajstić information content (AvgIpc) is 3.25. The number of ether oxygens (including phenoxy) is 1. The Bertz CT molecular complexity index is 1280. The SMILES string of the molecule is Nc1ncnn2c(C3CCN(C(=O)O)CC3)cc(-c3cccc(OCc4ccccc4)c3)c12. The number of amides is 1. The Kier molecular flexibility index (Phi) is 5.56. The molecule has 1 amide bonds. The van der Waals surface area contributed by atoms with Gasteiger partial charge in [-0.25, -0.2) is 14.3 Å². The largest absolute Gasteiger partial charge is 0.489 e. The summed E-state index contributed by atoms with van der Waals surface area (Å²) in [5, 5.41) is 13.8. The number of carbonyl (C=O) groups is 1. The summed E-state index contributed by atoms with van der Waals surface area (Å²) in [7, 11) is 0. The summed E-state index contributed by atoms with van der Waals surface area (Å²) < 4.78 is 7.88. The summed E-state index contributed by atoms with van der Waals surface area (Å²) in [6, 6.07) is 20.1. The number of carboxylic acid groups (broad SMARTS) is 1. The van der Waals surface area contributed by atoms with Gasteiger partial charge in [0.1, 0.15) is 24.2 Å². The second kappa shape index (κ2) is 8.82. The van der Waals surface area contributed by atoms with Gasteiger partial charge in [-0.3, -0.25) is 0 Å². The summed E-state index contributed by atoms with van der Waals surface area (Å²) in [6.07, 6.45) is 2.07. The van der Waals surface area contributed by atoms with E-state index in [9.17, 15) is 9.90 Å². The first kappa shape index (κ1) is 20.8. The van der Waals surface area contributed by atoms with Gasteiger partial charge in [0.15, 0.2) is 5.82 Å². The predicted octanol–water partition coefficient (Wildman–Crippen LogP) is 4.41. The zero-order valence-electron chi connectivity index (χ0n) is 18.1. The van der Waals surface area contributed by atoms with Crippen LogP contribution in [-0.4, -0.2) is 43.8 Å². The highest BCUT2D eigenvalue weighted by molar-refractivity contribution is 5.88. The van der Waals surface area contributed by atoms with E-state index >= 15 is 0 Å². The standard InChI is InChI=1S/C25H25N5O3/c26-24-23-21(19-7-4-8-20(13-19)33-15-17-5-2-1-3-6-17)14-22(30(23)28-16-27-24)18-9-11-29(12-10-18)25(31)32/h1-8,13-14,16,18H,9-12,15H2,(H,31,32)(H2,26,27,28). The van der Waals surface area contributed by atoms with Gasteiger partial charge in [-0.15, -0.1) is 0 Å². The molecule has 8 nitrogen and oxygen atoms in total. The Morgan fingerprint density at radius 1 is 1.09 bits per heavy atom. The maximum absolute atomic E-state index is 11.3. The Morgan fingerprint density at radius 3 is 2.64 bits per heavy atom. The first-order valence-electron chi connectivity index (χ1n) is 11.0. The van der Waals surface area contributed by atoms with Gasteiger partial charge in [0.05, 0.1) is 0 Å². The van der Waals surface area contributed by atoms with E-state index in [0.29, 0.717) is 25.5 Å². The summed E-state index contributed by atoms with van der Waals surface area (Å²) in [5.74, 6) is 1.36. The van der Waals surface area contributed by atoms with Crippen LogP contribution >= 0.6 is 0 Å². The average molecular weight is 444 g/mol. The topological polar surface area (TPSA) is 106 Å². The third kappa shape index (κ3) is 4.19. The molecule has 1 aliphatic heterocycles. The highest BCUT2D eigenvalue weighted by Crippen LogP contribution is 2.37. The molecule has 33 heavy (non-hydrogen) atoms. The number of nitrogen functional groups attached to an aromatic ring is 1. The zero-order valence-corrected chi connectivity index (χ0v) is 18.1. The van der Waals surface area contributed by atoms with Crippen molar-refractivity contribution in [2.75, 3.05) is 18.8 Å². The molecule has 1 saturated heterocycles. The zero-order chi connectivity index (χ0) is 22.8. The van der Waals surface area contributed by atoms with Crippen LogP contribution in [0.4, 0.5) is 10.6 Å². The van der Waals surface area contributed by atoms with Gasteiger partial charge in [-0.05, 0) is 42.2 Å². The minimum absolute atomic E-state index is 0.189. The third-order valence-electron chi connectivity index (χ3n) is 6.19. The maximum atomic E-state index is 11.3. The quantitative estimate of drug-likeness (QED) is 0.473. The fourth-order valence-corrected chi connectivity index (χ4v) is 4.46. The lowest BCUT2D eigenvalue weighted by Crippen LogP contribution is -2.37. The van der Waals surface area contributed by atoms with Crippen molar-refractivity contribution in [3.05, 3.63) is 78.2 Å².